The molecule has 3 rings (SSSR count). The van der Waals surface area contributed by atoms with Gasteiger partial charge in [0.05, 0.1) is 11.5 Å². The third-order valence-electron chi connectivity index (χ3n) is 3.70. The van der Waals surface area contributed by atoms with Gasteiger partial charge >= 0.3 is 0 Å². The third kappa shape index (κ3) is 2.08. The zero-order chi connectivity index (χ0) is 13.6. The van der Waals surface area contributed by atoms with Crippen LogP contribution in [0.1, 0.15) is 30.1 Å². The van der Waals surface area contributed by atoms with E-state index in [-0.39, 0.29) is 22.7 Å². The minimum atomic E-state index is -0.378. The van der Waals surface area contributed by atoms with Crippen molar-refractivity contribution in [3.63, 3.8) is 0 Å². The van der Waals surface area contributed by atoms with Crippen LogP contribution in [0.3, 0.4) is 0 Å². The number of rotatable bonds is 3. The van der Waals surface area contributed by atoms with Gasteiger partial charge in [0, 0.05) is 17.7 Å². The molecule has 2 aliphatic rings. The summed E-state index contributed by atoms with van der Waals surface area (Å²) in [7, 11) is 0. The molecule has 1 heterocycles. The summed E-state index contributed by atoms with van der Waals surface area (Å²) in [6, 6.07) is 5.46. The number of carbonyl (C=O) groups is 1. The Balaban J connectivity index is 1.95. The van der Waals surface area contributed by atoms with E-state index < -0.39 is 0 Å². The van der Waals surface area contributed by atoms with Crippen LogP contribution in [0.25, 0.3) is 0 Å². The first-order valence-corrected chi connectivity index (χ1v) is 6.37. The van der Waals surface area contributed by atoms with Crippen LogP contribution in [0, 0.1) is 17.0 Å². The van der Waals surface area contributed by atoms with Gasteiger partial charge in [-0.2, -0.15) is 0 Å². The van der Waals surface area contributed by atoms with E-state index in [1.54, 1.807) is 19.1 Å². The van der Waals surface area contributed by atoms with E-state index in [1.807, 2.05) is 11.0 Å². The minimum absolute atomic E-state index is 0.0794. The zero-order valence-electron chi connectivity index (χ0n) is 10.6. The first kappa shape index (κ1) is 12.1. The van der Waals surface area contributed by atoms with E-state index in [9.17, 15) is 14.9 Å². The second kappa shape index (κ2) is 4.31. The maximum Gasteiger partial charge on any atom is 0.272 e. The largest absolute Gasteiger partial charge is 0.319 e. The molecular weight excluding hydrogens is 246 g/mol. The first-order chi connectivity index (χ1) is 9.08. The number of nitro benzene ring substituents is 1. The smallest absolute Gasteiger partial charge is 0.272 e. The molecule has 19 heavy (non-hydrogen) atoms. The molecule has 6 nitrogen and oxygen atoms in total. The Labute approximate surface area is 110 Å². The molecule has 1 atom stereocenters. The maximum atomic E-state index is 11.9. The number of nitrogens with one attached hydrogen (secondary N) is 1. The van der Waals surface area contributed by atoms with Gasteiger partial charge in [0.2, 0.25) is 5.91 Å². The van der Waals surface area contributed by atoms with Crippen LogP contribution in [-0.4, -0.2) is 28.3 Å². The molecule has 1 unspecified atom stereocenters. The summed E-state index contributed by atoms with van der Waals surface area (Å²) >= 11 is 0. The lowest BCUT2D eigenvalue weighted by molar-refractivity contribution is -0.385. The molecule has 1 saturated carbocycles. The van der Waals surface area contributed by atoms with Gasteiger partial charge in [-0.3, -0.25) is 20.2 Å². The number of aryl methyl sites for hydroxylation is 1. The molecule has 1 aliphatic heterocycles. The average Bonchev–Trinajstić information content (AvgIpc) is 3.13. The molecule has 0 aromatic heterocycles. The second-order valence-electron chi connectivity index (χ2n) is 5.12. The first-order valence-electron chi connectivity index (χ1n) is 6.37. The number of benzene rings is 1. The van der Waals surface area contributed by atoms with E-state index in [0.717, 1.165) is 18.4 Å². The van der Waals surface area contributed by atoms with Crippen LogP contribution in [0.2, 0.25) is 0 Å². The van der Waals surface area contributed by atoms with Crippen molar-refractivity contribution in [2.24, 2.45) is 0 Å². The lowest BCUT2D eigenvalue weighted by atomic mass is 10.1. The predicted octanol–water partition coefficient (Wildman–Crippen LogP) is 1.50. The summed E-state index contributed by atoms with van der Waals surface area (Å²) in [5, 5.41) is 14.1. The molecule has 1 aromatic rings. The molecule has 0 bridgehead atoms. The van der Waals surface area contributed by atoms with Crippen LogP contribution in [0.4, 0.5) is 5.69 Å². The standard InChI is InChI=1S/C13H15N3O3/c1-8-2-3-9(6-11(8)16(18)19)13-14-7-12(17)15(13)10-4-5-10/h2-3,6,10,13-14H,4-5,7H2,1H3. The van der Waals surface area contributed by atoms with Crippen LogP contribution < -0.4 is 5.32 Å². The fourth-order valence-electron chi connectivity index (χ4n) is 2.56. The fraction of sp³-hybridized carbons (Fsp3) is 0.462. The van der Waals surface area contributed by atoms with Gasteiger partial charge in [-0.1, -0.05) is 12.1 Å². The summed E-state index contributed by atoms with van der Waals surface area (Å²) in [5.41, 5.74) is 1.53. The van der Waals surface area contributed by atoms with Crippen LogP contribution in [-0.2, 0) is 4.79 Å². The number of hydrogen-bond donors (Lipinski definition) is 1. The molecule has 0 spiro atoms. The highest BCUT2D eigenvalue weighted by Crippen LogP contribution is 2.36. The number of carbonyl (C=O) groups excluding carboxylic acids is 1. The van der Waals surface area contributed by atoms with E-state index in [1.165, 1.54) is 0 Å². The van der Waals surface area contributed by atoms with Crippen LogP contribution >= 0.6 is 0 Å². The highest BCUT2D eigenvalue weighted by Gasteiger charge is 2.41. The highest BCUT2D eigenvalue weighted by molar-refractivity contribution is 5.81. The quantitative estimate of drug-likeness (QED) is 0.660. The van der Waals surface area contributed by atoms with Crippen molar-refractivity contribution in [2.75, 3.05) is 6.54 Å². The molecule has 1 N–H and O–H groups in total. The number of hydrogen-bond acceptors (Lipinski definition) is 4. The Kier molecular flexibility index (Phi) is 2.74. The zero-order valence-corrected chi connectivity index (χ0v) is 10.6. The van der Waals surface area contributed by atoms with E-state index >= 15 is 0 Å². The van der Waals surface area contributed by atoms with E-state index in [4.69, 9.17) is 0 Å². The fourth-order valence-corrected chi connectivity index (χ4v) is 2.56. The van der Waals surface area contributed by atoms with Crippen molar-refractivity contribution in [1.29, 1.82) is 0 Å². The number of nitrogens with zero attached hydrogens (tertiary/aromatic N) is 2. The number of nitro groups is 1. The van der Waals surface area contributed by atoms with Crippen molar-refractivity contribution in [3.05, 3.63) is 39.4 Å². The van der Waals surface area contributed by atoms with Crippen molar-refractivity contribution in [3.8, 4) is 0 Å². The normalized spacial score (nSPS) is 22.9. The molecule has 1 amide bonds. The molecule has 0 radical (unpaired) electrons. The van der Waals surface area contributed by atoms with Gasteiger partial charge in [-0.05, 0) is 25.3 Å². The van der Waals surface area contributed by atoms with Crippen LogP contribution in [0.15, 0.2) is 18.2 Å². The van der Waals surface area contributed by atoms with Gasteiger partial charge in [-0.25, -0.2) is 0 Å². The Hall–Kier alpha value is -1.95. The summed E-state index contributed by atoms with van der Waals surface area (Å²) in [6.07, 6.45) is 1.83. The third-order valence-corrected chi connectivity index (χ3v) is 3.70. The topological polar surface area (TPSA) is 75.5 Å². The molecule has 1 aromatic carbocycles. The predicted molar refractivity (Wildman–Crippen MR) is 68.4 cm³/mol. The lowest BCUT2D eigenvalue weighted by Gasteiger charge is -2.24. The molecule has 2 fully saturated rings. The summed E-state index contributed by atoms with van der Waals surface area (Å²) in [4.78, 5) is 24.3. The molecular formula is C13H15N3O3. The Bertz CT molecular complexity index is 554. The summed E-state index contributed by atoms with van der Waals surface area (Å²) < 4.78 is 0. The SMILES string of the molecule is Cc1ccc(C2NCC(=O)N2C2CC2)cc1[N+](=O)[O-]. The van der Waals surface area contributed by atoms with Gasteiger partial charge in [0.25, 0.3) is 5.69 Å². The Morgan fingerprint density at radius 3 is 2.79 bits per heavy atom. The van der Waals surface area contributed by atoms with Crippen molar-refractivity contribution < 1.29 is 9.72 Å². The Morgan fingerprint density at radius 1 is 1.42 bits per heavy atom. The monoisotopic (exact) mass is 261 g/mol. The van der Waals surface area contributed by atoms with Crippen molar-refractivity contribution >= 4 is 11.6 Å². The Morgan fingerprint density at radius 2 is 2.16 bits per heavy atom. The van der Waals surface area contributed by atoms with Crippen LogP contribution in [0.5, 0.6) is 0 Å². The van der Waals surface area contributed by atoms with E-state index in [0.29, 0.717) is 18.2 Å². The molecule has 100 valence electrons. The van der Waals surface area contributed by atoms with Gasteiger partial charge in [0.1, 0.15) is 6.17 Å². The molecule has 1 aliphatic carbocycles. The van der Waals surface area contributed by atoms with E-state index in [2.05, 4.69) is 5.32 Å². The van der Waals surface area contributed by atoms with Crippen molar-refractivity contribution in [2.45, 2.75) is 32.0 Å². The average molecular weight is 261 g/mol. The second-order valence-corrected chi connectivity index (χ2v) is 5.12. The highest BCUT2D eigenvalue weighted by atomic mass is 16.6. The lowest BCUT2D eigenvalue weighted by Crippen LogP contribution is -2.32. The van der Waals surface area contributed by atoms with Gasteiger partial charge in [0.15, 0.2) is 0 Å². The van der Waals surface area contributed by atoms with Crippen molar-refractivity contribution in [1.82, 2.24) is 10.2 Å². The number of amides is 1. The molecule has 1 saturated heterocycles. The molecule has 6 heteroatoms. The minimum Gasteiger partial charge on any atom is -0.319 e. The summed E-state index contributed by atoms with van der Waals surface area (Å²) in [5.74, 6) is 0.0794. The van der Waals surface area contributed by atoms with Gasteiger partial charge in [-0.15, -0.1) is 0 Å². The maximum absolute atomic E-state index is 11.9. The summed E-state index contributed by atoms with van der Waals surface area (Å²) in [6.45, 7) is 2.02. The van der Waals surface area contributed by atoms with Gasteiger partial charge < -0.3 is 4.90 Å².